The van der Waals surface area contributed by atoms with E-state index < -0.39 is 18.9 Å². The Bertz CT molecular complexity index is 1150. The molecule has 7 nitrogen and oxygen atoms in total. The molecule has 0 spiro atoms. The first-order chi connectivity index (χ1) is 17.7. The zero-order valence-electron chi connectivity index (χ0n) is 21.8. The van der Waals surface area contributed by atoms with Crippen LogP contribution in [0.2, 0.25) is 5.02 Å². The number of aldehydes is 1. The van der Waals surface area contributed by atoms with Crippen molar-refractivity contribution in [1.29, 1.82) is 0 Å². The van der Waals surface area contributed by atoms with Crippen LogP contribution < -0.4 is 9.64 Å². The Balaban J connectivity index is 1.39. The molecule has 1 saturated carbocycles. The van der Waals surface area contributed by atoms with Crippen molar-refractivity contribution in [3.8, 4) is 5.75 Å². The molecule has 0 unspecified atom stereocenters. The highest BCUT2D eigenvalue weighted by Crippen LogP contribution is 2.32. The number of amides is 1. The standard InChI is InChI=1S/C26H29ClN4O3/c1-28-24-9-8-22(15-23(24)27)34-21-6-4-20(5-7-21)30(2)26(33)19-3-10-25(29-16-19)31-13-11-18(17-32)12-14-31/h3,8-10,15-18,20-21H,4-7,11-14H2,2H3/i2D3. The molecular formula is C26H29ClN4O3. The minimum Gasteiger partial charge on any atom is -0.490 e. The second-order valence-electron chi connectivity index (χ2n) is 8.81. The number of pyridine rings is 1. The van der Waals surface area contributed by atoms with E-state index in [0.717, 1.165) is 24.0 Å². The van der Waals surface area contributed by atoms with Crippen molar-refractivity contribution in [3.63, 3.8) is 0 Å². The molecule has 0 N–H and O–H groups in total. The van der Waals surface area contributed by atoms with Gasteiger partial charge in [-0.15, -0.1) is 0 Å². The number of halogens is 1. The molecule has 0 bridgehead atoms. The van der Waals surface area contributed by atoms with Crippen LogP contribution in [0.25, 0.3) is 4.85 Å². The first-order valence-corrected chi connectivity index (χ1v) is 11.9. The highest BCUT2D eigenvalue weighted by atomic mass is 35.5. The summed E-state index contributed by atoms with van der Waals surface area (Å²) in [7, 11) is 0. The SMILES string of the molecule is [2H]C([2H])([2H])N(C(=O)c1ccc(N2CCC(C=O)CC2)nc1)C1CCC(Oc2ccc([N+]#[C-])c(Cl)c2)CC1. The molecule has 1 amide bonds. The topological polar surface area (TPSA) is 67.1 Å². The summed E-state index contributed by atoms with van der Waals surface area (Å²) in [5.41, 5.74) is 0.588. The van der Waals surface area contributed by atoms with Crippen LogP contribution in [0.1, 0.15) is 53.0 Å². The number of rotatable bonds is 6. The Morgan fingerprint density at radius 3 is 2.59 bits per heavy atom. The molecule has 2 aliphatic rings. The van der Waals surface area contributed by atoms with Gasteiger partial charge in [-0.2, -0.15) is 0 Å². The van der Waals surface area contributed by atoms with Crippen LogP contribution in [-0.4, -0.2) is 54.3 Å². The highest BCUT2D eigenvalue weighted by molar-refractivity contribution is 6.33. The van der Waals surface area contributed by atoms with Crippen molar-refractivity contribution < 1.29 is 18.4 Å². The van der Waals surface area contributed by atoms with Gasteiger partial charge in [0.15, 0.2) is 0 Å². The van der Waals surface area contributed by atoms with Gasteiger partial charge < -0.3 is 19.3 Å². The Hall–Kier alpha value is -3.11. The fourth-order valence-corrected chi connectivity index (χ4v) is 4.75. The number of carbonyl (C=O) groups is 2. The van der Waals surface area contributed by atoms with E-state index in [1.165, 1.54) is 6.20 Å². The number of ether oxygens (including phenoxy) is 1. The number of hydrogen-bond acceptors (Lipinski definition) is 5. The molecule has 2 heterocycles. The molecule has 0 radical (unpaired) electrons. The summed E-state index contributed by atoms with van der Waals surface area (Å²) in [5.74, 6) is 0.785. The van der Waals surface area contributed by atoms with E-state index in [9.17, 15) is 9.59 Å². The number of piperidine rings is 1. The van der Waals surface area contributed by atoms with Gasteiger partial charge in [0.25, 0.3) is 5.91 Å². The number of benzene rings is 1. The van der Waals surface area contributed by atoms with Crippen molar-refractivity contribution in [2.75, 3.05) is 25.0 Å². The van der Waals surface area contributed by atoms with E-state index in [1.54, 1.807) is 30.3 Å². The molecule has 0 atom stereocenters. The van der Waals surface area contributed by atoms with E-state index >= 15 is 0 Å². The maximum absolute atomic E-state index is 13.3. The number of hydrogen-bond donors (Lipinski definition) is 0. The van der Waals surface area contributed by atoms with Gasteiger partial charge in [0, 0.05) is 42.3 Å². The van der Waals surface area contributed by atoms with Gasteiger partial charge in [0.2, 0.25) is 5.69 Å². The Morgan fingerprint density at radius 1 is 1.24 bits per heavy atom. The quantitative estimate of drug-likeness (QED) is 0.419. The minimum atomic E-state index is -2.59. The first-order valence-electron chi connectivity index (χ1n) is 13.0. The fourth-order valence-electron chi connectivity index (χ4n) is 4.53. The van der Waals surface area contributed by atoms with Gasteiger partial charge in [-0.25, -0.2) is 9.83 Å². The molecule has 2 aromatic rings. The average Bonchev–Trinajstić information content (AvgIpc) is 2.89. The van der Waals surface area contributed by atoms with Crippen LogP contribution in [0.15, 0.2) is 36.5 Å². The zero-order chi connectivity index (χ0) is 26.6. The molecule has 1 saturated heterocycles. The molecular weight excluding hydrogens is 452 g/mol. The van der Waals surface area contributed by atoms with E-state index in [0.29, 0.717) is 61.1 Å². The lowest BCUT2D eigenvalue weighted by Crippen LogP contribution is -2.41. The maximum atomic E-state index is 13.3. The smallest absolute Gasteiger partial charge is 0.255 e. The number of carbonyl (C=O) groups excluding carboxylic acids is 2. The lowest BCUT2D eigenvalue weighted by molar-refractivity contribution is -0.111. The fraction of sp³-hybridized carbons (Fsp3) is 0.462. The van der Waals surface area contributed by atoms with E-state index in [-0.39, 0.29) is 17.6 Å². The molecule has 34 heavy (non-hydrogen) atoms. The van der Waals surface area contributed by atoms with Gasteiger partial charge in [0.05, 0.1) is 23.3 Å². The Labute approximate surface area is 209 Å². The van der Waals surface area contributed by atoms with E-state index in [4.69, 9.17) is 27.0 Å². The summed E-state index contributed by atoms with van der Waals surface area (Å²) in [5, 5.41) is 0.324. The molecule has 178 valence electrons. The van der Waals surface area contributed by atoms with Crippen molar-refractivity contribution in [3.05, 3.63) is 58.5 Å². The lowest BCUT2D eigenvalue weighted by Gasteiger charge is -2.35. The summed E-state index contributed by atoms with van der Waals surface area (Å²) >= 11 is 6.10. The summed E-state index contributed by atoms with van der Waals surface area (Å²) in [6, 6.07) is 7.83. The monoisotopic (exact) mass is 483 g/mol. The number of anilines is 1. The van der Waals surface area contributed by atoms with Gasteiger partial charge in [0.1, 0.15) is 17.9 Å². The summed E-state index contributed by atoms with van der Waals surface area (Å²) in [6.45, 7) is 5.93. The molecule has 1 aromatic carbocycles. The number of aromatic nitrogens is 1. The molecule has 8 heteroatoms. The second kappa shape index (κ2) is 10.9. The van der Waals surface area contributed by atoms with Gasteiger partial charge in [-0.05, 0) is 62.8 Å². The Kier molecular flexibility index (Phi) is 6.49. The van der Waals surface area contributed by atoms with E-state index in [2.05, 4.69) is 14.7 Å². The van der Waals surface area contributed by atoms with Gasteiger partial charge in [-0.3, -0.25) is 4.79 Å². The largest absolute Gasteiger partial charge is 0.490 e. The maximum Gasteiger partial charge on any atom is 0.255 e. The van der Waals surface area contributed by atoms with Crippen molar-refractivity contribution in [2.24, 2.45) is 5.92 Å². The summed E-state index contributed by atoms with van der Waals surface area (Å²) in [4.78, 5) is 35.2. The molecule has 2 fully saturated rings. The van der Waals surface area contributed by atoms with Crippen LogP contribution in [0, 0.1) is 12.5 Å². The Morgan fingerprint density at radius 2 is 2.00 bits per heavy atom. The molecule has 4 rings (SSSR count). The highest BCUT2D eigenvalue weighted by Gasteiger charge is 2.28. The van der Waals surface area contributed by atoms with Crippen molar-refractivity contribution in [1.82, 2.24) is 9.88 Å². The third kappa shape index (κ3) is 5.51. The third-order valence-electron chi connectivity index (χ3n) is 6.62. The zero-order valence-corrected chi connectivity index (χ0v) is 19.6. The minimum absolute atomic E-state index is 0.0773. The third-order valence-corrected chi connectivity index (χ3v) is 6.92. The molecule has 1 aliphatic carbocycles. The van der Waals surface area contributed by atoms with Crippen LogP contribution >= 0.6 is 11.6 Å². The predicted molar refractivity (Wildman–Crippen MR) is 132 cm³/mol. The van der Waals surface area contributed by atoms with Gasteiger partial charge in [-0.1, -0.05) is 17.7 Å². The van der Waals surface area contributed by atoms with Crippen LogP contribution in [0.3, 0.4) is 0 Å². The average molecular weight is 484 g/mol. The summed E-state index contributed by atoms with van der Waals surface area (Å²) in [6.07, 6.45) is 5.98. The molecule has 1 aromatic heterocycles. The first kappa shape index (κ1) is 20.3. The summed E-state index contributed by atoms with van der Waals surface area (Å²) < 4.78 is 30.2. The van der Waals surface area contributed by atoms with Gasteiger partial charge >= 0.3 is 0 Å². The number of nitrogens with zero attached hydrogens (tertiary/aromatic N) is 4. The van der Waals surface area contributed by atoms with Crippen molar-refractivity contribution >= 4 is 35.3 Å². The molecule has 1 aliphatic heterocycles. The predicted octanol–water partition coefficient (Wildman–Crippen LogP) is 5.16. The van der Waals surface area contributed by atoms with E-state index in [1.807, 2.05) is 0 Å². The normalized spacial score (nSPS) is 22.6. The van der Waals surface area contributed by atoms with Crippen molar-refractivity contribution in [2.45, 2.75) is 50.7 Å². The van der Waals surface area contributed by atoms with Crippen LogP contribution in [0.4, 0.5) is 11.5 Å². The lowest BCUT2D eigenvalue weighted by atomic mass is 9.91. The van der Waals surface area contributed by atoms with Crippen LogP contribution in [-0.2, 0) is 4.79 Å². The second-order valence-corrected chi connectivity index (χ2v) is 9.22. The van der Waals surface area contributed by atoms with Crippen LogP contribution in [0.5, 0.6) is 5.75 Å².